The topological polar surface area (TPSA) is 29.5 Å². The van der Waals surface area contributed by atoms with E-state index in [9.17, 15) is 5.11 Å². The maximum absolute atomic E-state index is 9.62. The highest BCUT2D eigenvalue weighted by molar-refractivity contribution is 5.42. The highest BCUT2D eigenvalue weighted by Crippen LogP contribution is 2.26. The van der Waals surface area contributed by atoms with E-state index in [0.29, 0.717) is 5.75 Å². The summed E-state index contributed by atoms with van der Waals surface area (Å²) < 4.78 is 5.75. The van der Waals surface area contributed by atoms with E-state index < -0.39 is 0 Å². The van der Waals surface area contributed by atoms with Crippen molar-refractivity contribution >= 4 is 0 Å². The molecule has 0 amide bonds. The Morgan fingerprint density at radius 2 is 1.30 bits per heavy atom. The lowest BCUT2D eigenvalue weighted by Gasteiger charge is -2.09. The van der Waals surface area contributed by atoms with E-state index in [2.05, 4.69) is 6.92 Å². The largest absolute Gasteiger partial charge is 0.508 e. The van der Waals surface area contributed by atoms with E-state index in [1.54, 1.807) is 6.07 Å². The lowest BCUT2D eigenvalue weighted by atomic mass is 10.1. The quantitative estimate of drug-likeness (QED) is 0.383. The van der Waals surface area contributed by atoms with Gasteiger partial charge in [-0.1, -0.05) is 83.6 Å². The fraction of sp³-hybridized carbons (Fsp3) is 0.714. The minimum Gasteiger partial charge on any atom is -0.508 e. The first-order valence-electron chi connectivity index (χ1n) is 9.67. The molecule has 0 atom stereocenters. The first kappa shape index (κ1) is 19.9. The highest BCUT2D eigenvalue weighted by atomic mass is 16.5. The van der Waals surface area contributed by atoms with Crippen LogP contribution in [0, 0.1) is 6.92 Å². The van der Waals surface area contributed by atoms with Crippen molar-refractivity contribution < 1.29 is 9.84 Å². The molecule has 23 heavy (non-hydrogen) atoms. The average molecular weight is 321 g/mol. The monoisotopic (exact) mass is 320 g/mol. The summed E-state index contributed by atoms with van der Waals surface area (Å²) in [5, 5.41) is 9.62. The number of aromatic hydroxyl groups is 1. The molecule has 2 heteroatoms. The first-order chi connectivity index (χ1) is 11.3. The van der Waals surface area contributed by atoms with Crippen molar-refractivity contribution in [3.05, 3.63) is 23.8 Å². The Balaban J connectivity index is 1.87. The molecule has 1 aromatic rings. The molecule has 0 aliphatic rings. The molecule has 0 bridgehead atoms. The Labute approximate surface area is 143 Å². The van der Waals surface area contributed by atoms with Crippen LogP contribution in [0.3, 0.4) is 0 Å². The van der Waals surface area contributed by atoms with E-state index >= 15 is 0 Å². The fourth-order valence-corrected chi connectivity index (χ4v) is 2.88. The summed E-state index contributed by atoms with van der Waals surface area (Å²) in [4.78, 5) is 0. The van der Waals surface area contributed by atoms with Crippen LogP contribution in [0.4, 0.5) is 0 Å². The van der Waals surface area contributed by atoms with E-state index in [1.807, 2.05) is 19.1 Å². The molecule has 0 unspecified atom stereocenters. The van der Waals surface area contributed by atoms with Crippen LogP contribution in [-0.4, -0.2) is 11.7 Å². The van der Waals surface area contributed by atoms with Crippen LogP contribution in [-0.2, 0) is 0 Å². The molecule has 2 nitrogen and oxygen atoms in total. The van der Waals surface area contributed by atoms with Crippen LogP contribution in [0.2, 0.25) is 0 Å². The minimum atomic E-state index is 0.317. The van der Waals surface area contributed by atoms with Crippen LogP contribution < -0.4 is 4.74 Å². The van der Waals surface area contributed by atoms with Crippen molar-refractivity contribution in [2.75, 3.05) is 6.61 Å². The molecule has 0 saturated carbocycles. The SMILES string of the molecule is CCCCCCCCCCCCCCOc1cccc(O)c1C. The number of hydrogen-bond donors (Lipinski definition) is 1. The van der Waals surface area contributed by atoms with Gasteiger partial charge in [0.15, 0.2) is 0 Å². The molecule has 132 valence electrons. The molecule has 1 rings (SSSR count). The molecule has 0 saturated heterocycles. The van der Waals surface area contributed by atoms with Crippen molar-refractivity contribution in [2.45, 2.75) is 90.9 Å². The molecule has 0 aliphatic carbocycles. The van der Waals surface area contributed by atoms with Crippen molar-refractivity contribution in [3.63, 3.8) is 0 Å². The molecule has 0 aromatic heterocycles. The summed E-state index contributed by atoms with van der Waals surface area (Å²) in [6.45, 7) is 4.92. The van der Waals surface area contributed by atoms with E-state index in [1.165, 1.54) is 70.6 Å². The lowest BCUT2D eigenvalue weighted by molar-refractivity contribution is 0.300. The van der Waals surface area contributed by atoms with Crippen molar-refractivity contribution in [1.82, 2.24) is 0 Å². The minimum absolute atomic E-state index is 0.317. The molecule has 0 fully saturated rings. The third-order valence-corrected chi connectivity index (χ3v) is 4.51. The summed E-state index contributed by atoms with van der Waals surface area (Å²) in [7, 11) is 0. The normalized spacial score (nSPS) is 10.9. The first-order valence-corrected chi connectivity index (χ1v) is 9.67. The number of ether oxygens (including phenoxy) is 1. The zero-order valence-corrected chi connectivity index (χ0v) is 15.3. The van der Waals surface area contributed by atoms with Gasteiger partial charge < -0.3 is 9.84 Å². The zero-order valence-electron chi connectivity index (χ0n) is 15.3. The molecule has 0 aliphatic heterocycles. The van der Waals surface area contributed by atoms with Crippen molar-refractivity contribution in [3.8, 4) is 11.5 Å². The van der Waals surface area contributed by atoms with Gasteiger partial charge in [-0.3, -0.25) is 0 Å². The van der Waals surface area contributed by atoms with Gasteiger partial charge in [-0.2, -0.15) is 0 Å². The second-order valence-electron chi connectivity index (χ2n) is 6.64. The number of hydrogen-bond acceptors (Lipinski definition) is 2. The summed E-state index contributed by atoms with van der Waals surface area (Å²) >= 11 is 0. The van der Waals surface area contributed by atoms with E-state index in [-0.39, 0.29) is 0 Å². The highest BCUT2D eigenvalue weighted by Gasteiger charge is 2.03. The average Bonchev–Trinajstić information content (AvgIpc) is 2.55. The number of benzene rings is 1. The zero-order chi connectivity index (χ0) is 16.8. The standard InChI is InChI=1S/C21H36O2/c1-3-4-5-6-7-8-9-10-11-12-13-14-18-23-21-17-15-16-20(22)19(21)2/h15-17,22H,3-14,18H2,1-2H3. The Kier molecular flexibility index (Phi) is 11.5. The Bertz CT molecular complexity index is 401. The Hall–Kier alpha value is -1.18. The summed E-state index contributed by atoms with van der Waals surface area (Å²) in [5.41, 5.74) is 0.839. The van der Waals surface area contributed by atoms with E-state index in [0.717, 1.165) is 24.3 Å². The van der Waals surface area contributed by atoms with Crippen LogP contribution in [0.25, 0.3) is 0 Å². The maximum atomic E-state index is 9.62. The van der Waals surface area contributed by atoms with Crippen LogP contribution in [0.5, 0.6) is 11.5 Å². The van der Waals surface area contributed by atoms with Gasteiger partial charge in [0.2, 0.25) is 0 Å². The molecule has 1 N–H and O–H groups in total. The van der Waals surface area contributed by atoms with Gasteiger partial charge in [-0.25, -0.2) is 0 Å². The summed E-state index contributed by atoms with van der Waals surface area (Å²) in [5.74, 6) is 1.13. The van der Waals surface area contributed by atoms with Gasteiger partial charge in [0.25, 0.3) is 0 Å². The maximum Gasteiger partial charge on any atom is 0.125 e. The third kappa shape index (κ3) is 9.53. The predicted octanol–water partition coefficient (Wildman–Crippen LogP) is 6.78. The number of phenolic OH excluding ortho intramolecular Hbond substituents is 1. The molecule has 1 aromatic carbocycles. The van der Waals surface area contributed by atoms with Gasteiger partial charge in [-0.05, 0) is 25.5 Å². The second-order valence-corrected chi connectivity index (χ2v) is 6.64. The summed E-state index contributed by atoms with van der Waals surface area (Å²) in [6, 6.07) is 5.46. The van der Waals surface area contributed by atoms with Crippen molar-refractivity contribution in [1.29, 1.82) is 0 Å². The van der Waals surface area contributed by atoms with Gasteiger partial charge in [0, 0.05) is 5.56 Å². The van der Waals surface area contributed by atoms with Gasteiger partial charge in [-0.15, -0.1) is 0 Å². The van der Waals surface area contributed by atoms with Crippen LogP contribution in [0.15, 0.2) is 18.2 Å². The predicted molar refractivity (Wildman–Crippen MR) is 99.4 cm³/mol. The molecular formula is C21H36O2. The number of unbranched alkanes of at least 4 members (excludes halogenated alkanes) is 11. The van der Waals surface area contributed by atoms with Gasteiger partial charge in [0.1, 0.15) is 11.5 Å². The molecule has 0 heterocycles. The molecular weight excluding hydrogens is 284 g/mol. The van der Waals surface area contributed by atoms with Crippen LogP contribution >= 0.6 is 0 Å². The summed E-state index contributed by atoms with van der Waals surface area (Å²) in [6.07, 6.45) is 16.3. The fourth-order valence-electron chi connectivity index (χ4n) is 2.88. The van der Waals surface area contributed by atoms with Crippen LogP contribution in [0.1, 0.15) is 89.5 Å². The number of rotatable bonds is 14. The molecule has 0 spiro atoms. The smallest absolute Gasteiger partial charge is 0.125 e. The number of phenols is 1. The molecule has 0 radical (unpaired) electrons. The third-order valence-electron chi connectivity index (χ3n) is 4.51. The Morgan fingerprint density at radius 3 is 1.87 bits per heavy atom. The second kappa shape index (κ2) is 13.3. The lowest BCUT2D eigenvalue weighted by Crippen LogP contribution is -1.98. The van der Waals surface area contributed by atoms with Crippen molar-refractivity contribution in [2.24, 2.45) is 0 Å². The van der Waals surface area contributed by atoms with Gasteiger partial charge >= 0.3 is 0 Å². The van der Waals surface area contributed by atoms with Gasteiger partial charge in [0.05, 0.1) is 6.61 Å². The van der Waals surface area contributed by atoms with E-state index in [4.69, 9.17) is 4.74 Å². The Morgan fingerprint density at radius 1 is 0.783 bits per heavy atom.